The Hall–Kier alpha value is -0.550. The van der Waals surface area contributed by atoms with Gasteiger partial charge in [0.25, 0.3) is 0 Å². The van der Waals surface area contributed by atoms with Gasteiger partial charge < -0.3 is 19.6 Å². The van der Waals surface area contributed by atoms with Crippen molar-refractivity contribution in [3.8, 4) is 0 Å². The summed E-state index contributed by atoms with van der Waals surface area (Å²) < 4.78 is 10.2. The van der Waals surface area contributed by atoms with E-state index in [0.717, 1.165) is 18.8 Å². The minimum Gasteiger partial charge on any atom is -0.468 e. The molecular formula is C9H16ClNO3. The van der Waals surface area contributed by atoms with E-state index in [2.05, 4.69) is 5.32 Å². The van der Waals surface area contributed by atoms with E-state index in [4.69, 9.17) is 14.3 Å². The molecule has 0 unspecified atom stereocenters. The van der Waals surface area contributed by atoms with Crippen LogP contribution in [-0.4, -0.2) is 31.5 Å². The fourth-order valence-electron chi connectivity index (χ4n) is 0.936. The summed E-state index contributed by atoms with van der Waals surface area (Å²) in [6.07, 6.45) is 1.65. The summed E-state index contributed by atoms with van der Waals surface area (Å²) in [5, 5.41) is 11.6. The highest BCUT2D eigenvalue weighted by molar-refractivity contribution is 5.85. The maximum Gasteiger partial charge on any atom is 0.117 e. The summed E-state index contributed by atoms with van der Waals surface area (Å²) in [5.41, 5.74) is 0. The molecule has 4 nitrogen and oxygen atoms in total. The van der Waals surface area contributed by atoms with E-state index < -0.39 is 0 Å². The Morgan fingerprint density at radius 1 is 1.43 bits per heavy atom. The average molecular weight is 222 g/mol. The molecule has 1 aromatic rings. The maximum atomic E-state index is 8.41. The molecule has 0 bridgehead atoms. The SMILES string of the molecule is Cl.OCCOCCNCc1ccco1. The summed E-state index contributed by atoms with van der Waals surface area (Å²) in [6, 6.07) is 3.78. The molecule has 0 atom stereocenters. The van der Waals surface area contributed by atoms with Crippen molar-refractivity contribution in [3.05, 3.63) is 24.2 Å². The molecule has 0 radical (unpaired) electrons. The second-order valence-electron chi connectivity index (χ2n) is 2.59. The lowest BCUT2D eigenvalue weighted by molar-refractivity contribution is 0.0936. The number of furan rings is 1. The number of aliphatic hydroxyl groups excluding tert-OH is 1. The van der Waals surface area contributed by atoms with Crippen LogP contribution in [-0.2, 0) is 11.3 Å². The fraction of sp³-hybridized carbons (Fsp3) is 0.556. The zero-order chi connectivity index (χ0) is 9.36. The van der Waals surface area contributed by atoms with Crippen LogP contribution in [0, 0.1) is 0 Å². The van der Waals surface area contributed by atoms with E-state index in [1.807, 2.05) is 12.1 Å². The lowest BCUT2D eigenvalue weighted by atomic mass is 10.4. The normalized spacial score (nSPS) is 9.79. The first-order valence-corrected chi connectivity index (χ1v) is 4.35. The van der Waals surface area contributed by atoms with Crippen LogP contribution in [0.3, 0.4) is 0 Å². The Kier molecular flexibility index (Phi) is 8.67. The standard InChI is InChI=1S/C9H15NO3.ClH/c11-4-7-12-6-3-10-8-9-2-1-5-13-9;/h1-2,5,10-11H,3-4,6-8H2;1H. The summed E-state index contributed by atoms with van der Waals surface area (Å²) in [6.45, 7) is 2.58. The van der Waals surface area contributed by atoms with Crippen molar-refractivity contribution in [1.29, 1.82) is 0 Å². The van der Waals surface area contributed by atoms with Crippen molar-refractivity contribution in [3.63, 3.8) is 0 Å². The van der Waals surface area contributed by atoms with Crippen LogP contribution in [0.2, 0.25) is 0 Å². The number of nitrogens with one attached hydrogen (secondary N) is 1. The van der Waals surface area contributed by atoms with Gasteiger partial charge in [0.2, 0.25) is 0 Å². The first kappa shape index (κ1) is 13.4. The molecule has 1 rings (SSSR count). The van der Waals surface area contributed by atoms with Gasteiger partial charge in [-0.25, -0.2) is 0 Å². The highest BCUT2D eigenvalue weighted by Crippen LogP contribution is 1.97. The topological polar surface area (TPSA) is 54.6 Å². The van der Waals surface area contributed by atoms with E-state index in [1.165, 1.54) is 0 Å². The lowest BCUT2D eigenvalue weighted by Gasteiger charge is -2.02. The molecule has 1 aromatic heterocycles. The Morgan fingerprint density at radius 3 is 2.93 bits per heavy atom. The maximum absolute atomic E-state index is 8.41. The zero-order valence-corrected chi connectivity index (χ0v) is 8.76. The predicted octanol–water partition coefficient (Wildman–Crippen LogP) is 0.800. The third-order valence-corrected chi connectivity index (χ3v) is 1.54. The third-order valence-electron chi connectivity index (χ3n) is 1.54. The summed E-state index contributed by atoms with van der Waals surface area (Å²) in [4.78, 5) is 0. The van der Waals surface area contributed by atoms with Crippen LogP contribution in [0.15, 0.2) is 22.8 Å². The van der Waals surface area contributed by atoms with Gasteiger partial charge in [-0.3, -0.25) is 0 Å². The van der Waals surface area contributed by atoms with Crippen LogP contribution in [0.4, 0.5) is 0 Å². The Balaban J connectivity index is 0.00000169. The molecule has 0 aliphatic rings. The number of ether oxygens (including phenoxy) is 1. The van der Waals surface area contributed by atoms with Gasteiger partial charge in [-0.1, -0.05) is 0 Å². The monoisotopic (exact) mass is 221 g/mol. The molecule has 0 aromatic carbocycles. The molecule has 5 heteroatoms. The highest BCUT2D eigenvalue weighted by Gasteiger charge is 1.93. The highest BCUT2D eigenvalue weighted by atomic mass is 35.5. The first-order chi connectivity index (χ1) is 6.43. The summed E-state index contributed by atoms with van der Waals surface area (Å²) >= 11 is 0. The van der Waals surface area contributed by atoms with Crippen molar-refractivity contribution in [2.24, 2.45) is 0 Å². The van der Waals surface area contributed by atoms with Gasteiger partial charge in [-0.2, -0.15) is 0 Å². The van der Waals surface area contributed by atoms with Crippen molar-refractivity contribution >= 4 is 12.4 Å². The van der Waals surface area contributed by atoms with Crippen LogP contribution >= 0.6 is 12.4 Å². The van der Waals surface area contributed by atoms with E-state index in [-0.39, 0.29) is 19.0 Å². The van der Waals surface area contributed by atoms with E-state index in [0.29, 0.717) is 13.2 Å². The number of halogens is 1. The second kappa shape index (κ2) is 9.02. The van der Waals surface area contributed by atoms with Gasteiger partial charge in [0.1, 0.15) is 5.76 Å². The van der Waals surface area contributed by atoms with E-state index in [9.17, 15) is 0 Å². The van der Waals surface area contributed by atoms with Gasteiger partial charge in [-0.05, 0) is 12.1 Å². The molecule has 0 saturated heterocycles. The van der Waals surface area contributed by atoms with E-state index >= 15 is 0 Å². The number of rotatable bonds is 7. The van der Waals surface area contributed by atoms with Crippen LogP contribution in [0.5, 0.6) is 0 Å². The molecular weight excluding hydrogens is 206 g/mol. The molecule has 0 fully saturated rings. The largest absolute Gasteiger partial charge is 0.468 e. The van der Waals surface area contributed by atoms with Crippen LogP contribution in [0.1, 0.15) is 5.76 Å². The van der Waals surface area contributed by atoms with Gasteiger partial charge in [0.05, 0.1) is 32.6 Å². The second-order valence-corrected chi connectivity index (χ2v) is 2.59. The summed E-state index contributed by atoms with van der Waals surface area (Å²) in [5.74, 6) is 0.919. The first-order valence-electron chi connectivity index (χ1n) is 4.35. The van der Waals surface area contributed by atoms with E-state index in [1.54, 1.807) is 6.26 Å². The smallest absolute Gasteiger partial charge is 0.117 e. The molecule has 2 N–H and O–H groups in total. The van der Waals surface area contributed by atoms with Crippen LogP contribution < -0.4 is 5.32 Å². The third kappa shape index (κ3) is 5.99. The molecule has 0 saturated carbocycles. The van der Waals surface area contributed by atoms with Gasteiger partial charge in [-0.15, -0.1) is 12.4 Å². The van der Waals surface area contributed by atoms with Gasteiger partial charge >= 0.3 is 0 Å². The molecule has 0 spiro atoms. The predicted molar refractivity (Wildman–Crippen MR) is 55.6 cm³/mol. The van der Waals surface area contributed by atoms with Crippen molar-refractivity contribution in [1.82, 2.24) is 5.32 Å². The number of aliphatic hydroxyl groups is 1. The Morgan fingerprint density at radius 2 is 2.29 bits per heavy atom. The lowest BCUT2D eigenvalue weighted by Crippen LogP contribution is -2.19. The molecule has 1 heterocycles. The molecule has 0 aliphatic heterocycles. The minimum absolute atomic E-state index is 0. The molecule has 14 heavy (non-hydrogen) atoms. The molecule has 0 amide bonds. The van der Waals surface area contributed by atoms with Gasteiger partial charge in [0.15, 0.2) is 0 Å². The number of hydrogen-bond donors (Lipinski definition) is 2. The Labute approximate surface area is 89.7 Å². The van der Waals surface area contributed by atoms with Crippen molar-refractivity contribution < 1.29 is 14.3 Å². The fourth-order valence-corrected chi connectivity index (χ4v) is 0.936. The number of hydrogen-bond acceptors (Lipinski definition) is 4. The van der Waals surface area contributed by atoms with Crippen LogP contribution in [0.25, 0.3) is 0 Å². The van der Waals surface area contributed by atoms with Crippen molar-refractivity contribution in [2.45, 2.75) is 6.54 Å². The molecule has 0 aliphatic carbocycles. The van der Waals surface area contributed by atoms with Gasteiger partial charge in [0, 0.05) is 6.54 Å². The quantitative estimate of drug-likeness (QED) is 0.669. The molecule has 82 valence electrons. The zero-order valence-electron chi connectivity index (χ0n) is 7.94. The van der Waals surface area contributed by atoms with Crippen molar-refractivity contribution in [2.75, 3.05) is 26.4 Å². The average Bonchev–Trinajstić information content (AvgIpc) is 2.63. The summed E-state index contributed by atoms with van der Waals surface area (Å²) in [7, 11) is 0. The minimum atomic E-state index is 0. The Bertz CT molecular complexity index is 204.